The van der Waals surface area contributed by atoms with Crippen LogP contribution in [0.1, 0.15) is 212 Å². The second-order valence-electron chi connectivity index (χ2n) is 36.0. The quantitative estimate of drug-likeness (QED) is 0.0419. The summed E-state index contributed by atoms with van der Waals surface area (Å²) in [4.78, 5) is 126. The van der Waals surface area contributed by atoms with Crippen molar-refractivity contribution >= 4 is 88.7 Å². The third-order valence-electron chi connectivity index (χ3n) is 26.4. The summed E-state index contributed by atoms with van der Waals surface area (Å²) in [5.74, 6) is -17.3. The Morgan fingerprint density at radius 1 is 0.559 bits per heavy atom. The monoisotopic (exact) mass is 1690 g/mol. The van der Waals surface area contributed by atoms with Crippen LogP contribution in [0.25, 0.3) is 21.5 Å². The molecule has 12 rings (SSSR count). The van der Waals surface area contributed by atoms with Gasteiger partial charge in [0.25, 0.3) is 11.8 Å². The maximum atomic E-state index is 15.0. The van der Waals surface area contributed by atoms with E-state index in [0.29, 0.717) is 112 Å². The Labute approximate surface area is 686 Å². The minimum atomic E-state index is -4.03. The van der Waals surface area contributed by atoms with Crippen LogP contribution in [0.2, 0.25) is 0 Å². The number of carbonyl (C=O) groups excluding carboxylic acids is 8. The zero-order valence-corrected chi connectivity index (χ0v) is 71.3. The number of sulfonamides is 2. The number of pyridine rings is 2. The van der Waals surface area contributed by atoms with Crippen LogP contribution in [0.4, 0.5) is 26.3 Å². The molecule has 0 bridgehead atoms. The molecule has 0 unspecified atom stereocenters. The molecule has 2 N–H and O–H groups in total. The van der Waals surface area contributed by atoms with Crippen molar-refractivity contribution in [3.05, 3.63) is 84.7 Å². The lowest BCUT2D eigenvalue weighted by atomic mass is 9.79. The standard InChI is InChI=1S/2C43H56F3N3O9S/c2*1-8-26-17-25(2)11-9-10-12-28-22-43(28,39(53)48-59(54,55)41(5)14-15-41)23-34(50)33-19-29(57-37-30-20-32(44)35(56-7)18-27(30)13-16-47-37)24-49(33)38(52)31(26)21-36(51)58-40(3,4)42(6,45)46/h2*10,12-13,16,18,20,25-26,28-29,31,33H,8-9,11,14-15,17,19,21-24H2,1-7H3,(H,48,53)/b2*12-10-/t25-,26+,28+,29+,31-,33-,43+;25-,26-,28-,29-,31+,33+,43-/m01/s1. The predicted molar refractivity (Wildman–Crippen MR) is 425 cm³/mol. The number of nitrogens with one attached hydrogen (secondary N) is 2. The number of rotatable bonds is 22. The second kappa shape index (κ2) is 34.2. The fourth-order valence-electron chi connectivity index (χ4n) is 17.0. The number of fused-ring (bicyclic) bond motifs is 6. The molecule has 8 aliphatic rings. The van der Waals surface area contributed by atoms with Gasteiger partial charge in [-0.3, -0.25) is 47.8 Å². The van der Waals surface area contributed by atoms with E-state index in [0.717, 1.165) is 27.7 Å². The average molecular weight is 1700 g/mol. The number of hydrogen-bond acceptors (Lipinski definition) is 20. The van der Waals surface area contributed by atoms with Crippen molar-refractivity contribution in [2.24, 2.45) is 58.2 Å². The number of ether oxygens (including phenoxy) is 6. The number of nitrogens with zero attached hydrogens (tertiary/aromatic N) is 4. The highest BCUT2D eigenvalue weighted by molar-refractivity contribution is 7.92. The Kier molecular flexibility index (Phi) is 26.2. The number of methoxy groups -OCH3 is 2. The molecule has 0 spiro atoms. The van der Waals surface area contributed by atoms with Gasteiger partial charge in [-0.1, -0.05) is 64.8 Å². The molecular weight excluding hydrogens is 1580 g/mol. The first kappa shape index (κ1) is 90.3. The van der Waals surface area contributed by atoms with Gasteiger partial charge in [0.1, 0.15) is 12.2 Å². The Morgan fingerprint density at radius 2 is 0.915 bits per heavy atom. The Hall–Kier alpha value is -8.42. The molecule has 0 radical (unpaired) electrons. The van der Waals surface area contributed by atoms with E-state index >= 15 is 9.59 Å². The van der Waals surface area contributed by atoms with Crippen LogP contribution >= 0.6 is 0 Å². The molecule has 4 aliphatic heterocycles. The third-order valence-corrected chi connectivity index (χ3v) is 30.8. The molecule has 4 aliphatic carbocycles. The number of benzene rings is 2. The number of Topliss-reactive ketones (excluding diaryl/α,β-unsaturated/α-hetero) is 2. The Balaban J connectivity index is 0.000000231. The van der Waals surface area contributed by atoms with Crippen LogP contribution < -0.4 is 28.4 Å². The molecule has 118 heavy (non-hydrogen) atoms. The van der Waals surface area contributed by atoms with Crippen LogP contribution in [0.3, 0.4) is 0 Å². The maximum Gasteiger partial charge on any atom is 0.307 e. The number of hydrogen-bond donors (Lipinski definition) is 2. The molecule has 648 valence electrons. The van der Waals surface area contributed by atoms with Crippen molar-refractivity contribution in [3.8, 4) is 23.3 Å². The van der Waals surface area contributed by atoms with Crippen LogP contribution in [0, 0.1) is 69.8 Å². The fourth-order valence-corrected chi connectivity index (χ4v) is 19.7. The van der Waals surface area contributed by atoms with Crippen LogP contribution in [-0.2, 0) is 67.9 Å². The van der Waals surface area contributed by atoms with E-state index < -0.39 is 195 Å². The second-order valence-corrected chi connectivity index (χ2v) is 40.4. The molecule has 4 saturated carbocycles. The van der Waals surface area contributed by atoms with E-state index in [1.165, 1.54) is 60.7 Å². The van der Waals surface area contributed by atoms with Crippen molar-refractivity contribution in [1.82, 2.24) is 29.2 Å². The largest absolute Gasteiger partial charge is 0.494 e. The Morgan fingerprint density at radius 3 is 1.24 bits per heavy atom. The zero-order valence-electron chi connectivity index (χ0n) is 69.6. The van der Waals surface area contributed by atoms with Crippen molar-refractivity contribution in [2.45, 2.75) is 268 Å². The molecule has 4 aromatic rings. The normalized spacial score (nSPS) is 29.4. The highest BCUT2D eigenvalue weighted by Gasteiger charge is 2.65. The number of alkyl halides is 4. The first-order valence-corrected chi connectivity index (χ1v) is 44.0. The number of halogens is 6. The SMILES string of the molecule is CC[C@@H]1C[C@@H](C)CC/C=C\[C@@H]2C[C@@]2(C(=O)NS(=O)(=O)C2(C)CC2)CC(=O)[C@@H]2C[C@@H](Oc3nccc4cc(OC)c(F)cc34)CN2C(=O)[C@H]1CC(=O)OC(C)(C)C(C)(F)F.CC[C@@H]1C[C@H](C)CC/C=C\[C@@H]2C[C@@]2(C(=O)NS(=O)(=O)C2(C)CC2)CC(=O)[C@@H]2C[C@@H](Oc3nccc4cc(OC)c(F)cc34)CN2C(=O)[C@H]1CC(=O)OC(C)(C)C(C)(F)F. The summed E-state index contributed by atoms with van der Waals surface area (Å²) in [5, 5.41) is 1.75. The lowest BCUT2D eigenvalue weighted by Gasteiger charge is -2.35. The summed E-state index contributed by atoms with van der Waals surface area (Å²) >= 11 is 0. The van der Waals surface area contributed by atoms with E-state index in [-0.39, 0.29) is 86.7 Å². The number of esters is 2. The summed E-state index contributed by atoms with van der Waals surface area (Å²) in [6, 6.07) is 6.36. The summed E-state index contributed by atoms with van der Waals surface area (Å²) in [7, 11) is -5.39. The Bertz CT molecular complexity index is 4530. The number of ketones is 2. The highest BCUT2D eigenvalue weighted by Crippen LogP contribution is 2.60. The summed E-state index contributed by atoms with van der Waals surface area (Å²) in [5.41, 5.74) is -7.11. The summed E-state index contributed by atoms with van der Waals surface area (Å²) in [6.45, 7) is 16.3. The van der Waals surface area contributed by atoms with Crippen molar-refractivity contribution < 1.29 is 110 Å². The van der Waals surface area contributed by atoms with Gasteiger partial charge in [-0.05, 0) is 201 Å². The molecule has 32 heteroatoms. The molecule has 2 aromatic heterocycles. The van der Waals surface area contributed by atoms with E-state index in [1.807, 2.05) is 52.0 Å². The average Bonchev–Trinajstić information content (AvgIpc) is 1.57. The molecule has 14 atom stereocenters. The predicted octanol–water partition coefficient (Wildman–Crippen LogP) is 14.2. The van der Waals surface area contributed by atoms with Gasteiger partial charge in [-0.2, -0.15) is 0 Å². The van der Waals surface area contributed by atoms with Crippen LogP contribution in [0.5, 0.6) is 23.3 Å². The minimum absolute atomic E-state index is 0.0123. The van der Waals surface area contributed by atoms with Crippen LogP contribution in [0.15, 0.2) is 73.1 Å². The first-order chi connectivity index (χ1) is 55.1. The minimum Gasteiger partial charge on any atom is -0.494 e. The van der Waals surface area contributed by atoms with Crippen molar-refractivity contribution in [2.75, 3.05) is 27.3 Å². The molecule has 6 heterocycles. The number of allylic oxidation sites excluding steroid dienone is 4. The molecular formula is C86H112F6N6O18S2. The van der Waals surface area contributed by atoms with Gasteiger partial charge in [0.05, 0.1) is 84.4 Å². The highest BCUT2D eigenvalue weighted by atomic mass is 32.2. The zero-order chi connectivity index (χ0) is 86.6. The maximum absolute atomic E-state index is 15.0. The number of carbonyl (C=O) groups is 8. The molecule has 2 aromatic carbocycles. The fraction of sp³-hybridized carbons (Fsp3) is 0.651. The first-order valence-electron chi connectivity index (χ1n) is 41.0. The van der Waals surface area contributed by atoms with E-state index in [9.17, 15) is 71.9 Å². The van der Waals surface area contributed by atoms with Gasteiger partial charge >= 0.3 is 11.9 Å². The van der Waals surface area contributed by atoms with Crippen molar-refractivity contribution in [1.29, 1.82) is 0 Å². The van der Waals surface area contributed by atoms with Gasteiger partial charge in [0.2, 0.25) is 55.4 Å². The van der Waals surface area contributed by atoms with E-state index in [1.54, 1.807) is 26.0 Å². The summed E-state index contributed by atoms with van der Waals surface area (Å²) < 4.78 is 177. The summed E-state index contributed by atoms with van der Waals surface area (Å²) in [6.07, 6.45) is 13.5. The van der Waals surface area contributed by atoms with E-state index in [2.05, 4.69) is 19.4 Å². The lowest BCUT2D eigenvalue weighted by molar-refractivity contribution is -0.197. The lowest BCUT2D eigenvalue weighted by Crippen LogP contribution is -2.49. The molecule has 2 saturated heterocycles. The molecule has 24 nitrogen and oxygen atoms in total. The van der Waals surface area contributed by atoms with E-state index in [4.69, 9.17) is 28.4 Å². The molecule has 6 fully saturated rings. The third kappa shape index (κ3) is 19.3. The van der Waals surface area contributed by atoms with Gasteiger partial charge in [-0.25, -0.2) is 53.1 Å². The van der Waals surface area contributed by atoms with Gasteiger partial charge in [0, 0.05) is 62.7 Å². The smallest absolute Gasteiger partial charge is 0.307 e. The van der Waals surface area contributed by atoms with Gasteiger partial charge < -0.3 is 38.2 Å². The van der Waals surface area contributed by atoms with Gasteiger partial charge in [0.15, 0.2) is 45.9 Å². The topological polar surface area (TPSA) is 317 Å². The number of amides is 4. The van der Waals surface area contributed by atoms with Crippen LogP contribution in [-0.4, -0.2) is 168 Å². The van der Waals surface area contributed by atoms with Crippen molar-refractivity contribution in [3.63, 3.8) is 0 Å². The van der Waals surface area contributed by atoms with Gasteiger partial charge in [-0.15, -0.1) is 0 Å². The number of aromatic nitrogens is 2. The molecule has 4 amide bonds.